The fourth-order valence-corrected chi connectivity index (χ4v) is 0.735. The van der Waals surface area contributed by atoms with Crippen LogP contribution in [0.25, 0.3) is 0 Å². The summed E-state index contributed by atoms with van der Waals surface area (Å²) in [5.41, 5.74) is 0. The van der Waals surface area contributed by atoms with Crippen LogP contribution in [-0.4, -0.2) is 11.6 Å². The Labute approximate surface area is 98.4 Å². The second-order valence-corrected chi connectivity index (χ2v) is 2.74. The molecule has 2 nitrogen and oxygen atoms in total. The van der Waals surface area contributed by atoms with Crippen LogP contribution in [0, 0.1) is 0 Å². The minimum atomic E-state index is -0.0625. The first kappa shape index (κ1) is 15.7. The largest absolute Gasteiger partial charge is 0.300 e. The van der Waals surface area contributed by atoms with Crippen LogP contribution < -0.4 is 0 Å². The molecule has 14 heavy (non-hydrogen) atoms. The Morgan fingerprint density at radius 3 is 1.07 bits per heavy atom. The van der Waals surface area contributed by atoms with Crippen LogP contribution in [0.1, 0.15) is 20.3 Å². The molecule has 0 atom stereocenters. The molecule has 0 radical (unpaired) electrons. The second kappa shape index (κ2) is 10.3. The van der Waals surface area contributed by atoms with Crippen LogP contribution in [-0.2, 0) is 30.0 Å². The Hall–Kier alpha value is -0.778. The van der Waals surface area contributed by atoms with Gasteiger partial charge in [-0.25, -0.2) is 0 Å². The quantitative estimate of drug-likeness (QED) is 0.616. The number of hydrogen-bond donors (Lipinski definition) is 0. The number of carbonyl (C=O) groups is 2. The van der Waals surface area contributed by atoms with Crippen LogP contribution in [0.3, 0.4) is 0 Å². The van der Waals surface area contributed by atoms with E-state index in [1.54, 1.807) is 0 Å². The van der Waals surface area contributed by atoms with Gasteiger partial charge in [0.15, 0.2) is 0 Å². The van der Waals surface area contributed by atoms with Crippen LogP contribution in [0.5, 0.6) is 0 Å². The molecule has 0 saturated carbocycles. The van der Waals surface area contributed by atoms with E-state index in [9.17, 15) is 9.59 Å². The maximum absolute atomic E-state index is 10.0. The van der Waals surface area contributed by atoms with E-state index < -0.39 is 0 Å². The van der Waals surface area contributed by atoms with Gasteiger partial charge in [-0.1, -0.05) is 36.4 Å². The molecular weight excluding hydrogens is 271 g/mol. The number of rotatable bonds is 2. The van der Waals surface area contributed by atoms with Crippen molar-refractivity contribution in [1.29, 1.82) is 0 Å². The normalized spacial score (nSPS) is 7.57. The predicted octanol–water partition coefficient (Wildman–Crippen LogP) is 2.24. The van der Waals surface area contributed by atoms with E-state index in [1.807, 2.05) is 36.4 Å². The molecule has 0 spiro atoms. The van der Waals surface area contributed by atoms with Gasteiger partial charge >= 0.3 is 0 Å². The van der Waals surface area contributed by atoms with Gasteiger partial charge in [-0.15, -0.1) is 0 Å². The smallest absolute Gasteiger partial charge is 0.137 e. The van der Waals surface area contributed by atoms with E-state index in [4.69, 9.17) is 0 Å². The third kappa shape index (κ3) is 13.8. The van der Waals surface area contributed by atoms with Crippen LogP contribution in [0.4, 0.5) is 0 Å². The zero-order chi connectivity index (χ0) is 10.1. The minimum Gasteiger partial charge on any atom is -0.300 e. The summed E-state index contributed by atoms with van der Waals surface area (Å²) in [5.74, 6) is -0.125. The van der Waals surface area contributed by atoms with Gasteiger partial charge in [-0.3, -0.25) is 9.59 Å². The van der Waals surface area contributed by atoms with Gasteiger partial charge in [0.2, 0.25) is 0 Å². The van der Waals surface area contributed by atoms with Crippen molar-refractivity contribution in [2.45, 2.75) is 20.3 Å². The predicted molar refractivity (Wildman–Crippen MR) is 52.4 cm³/mol. The summed E-state index contributed by atoms with van der Waals surface area (Å²) < 4.78 is 0. The minimum absolute atomic E-state index is 0. The summed E-state index contributed by atoms with van der Waals surface area (Å²) in [5, 5.41) is 0. The first-order chi connectivity index (χ1) is 6.13. The number of benzene rings is 1. The van der Waals surface area contributed by atoms with Gasteiger partial charge in [0, 0.05) is 20.4 Å². The fourth-order valence-electron chi connectivity index (χ4n) is 0.735. The summed E-state index contributed by atoms with van der Waals surface area (Å²) in [6.45, 7) is 2.81. The van der Waals surface area contributed by atoms with Crippen molar-refractivity contribution in [2.24, 2.45) is 0 Å². The molecule has 0 amide bonds. The second-order valence-electron chi connectivity index (χ2n) is 2.74. The van der Waals surface area contributed by atoms with Gasteiger partial charge < -0.3 is 0 Å². The average molecular weight is 285 g/mol. The average Bonchev–Trinajstić information content (AvgIpc) is 2.06. The molecule has 0 N–H and O–H groups in total. The van der Waals surface area contributed by atoms with Crippen molar-refractivity contribution >= 4 is 11.6 Å². The Morgan fingerprint density at radius 2 is 1.00 bits per heavy atom. The molecule has 0 bridgehead atoms. The first-order valence-corrected chi connectivity index (χ1v) is 4.12. The molecule has 0 unspecified atom stereocenters. The summed E-state index contributed by atoms with van der Waals surface area (Å²) in [6, 6.07) is 12.0. The molecular formula is C11H14O2Pd. The Balaban J connectivity index is 0. The molecule has 0 saturated heterocycles. The van der Waals surface area contributed by atoms with Gasteiger partial charge in [0.05, 0.1) is 6.42 Å². The molecule has 0 aliphatic carbocycles. The van der Waals surface area contributed by atoms with E-state index in [0.717, 1.165) is 0 Å². The Bertz CT molecular complexity index is 219. The Morgan fingerprint density at radius 1 is 0.786 bits per heavy atom. The van der Waals surface area contributed by atoms with E-state index >= 15 is 0 Å². The van der Waals surface area contributed by atoms with Gasteiger partial charge in [0.25, 0.3) is 0 Å². The molecule has 80 valence electrons. The standard InChI is InChI=1S/C6H6.C5H8O2.Pd/c1-2-4-6-5-3-1;1-4(6)3-5(2)7;/h1-6H;3H2,1-2H3;. The van der Waals surface area contributed by atoms with Crippen molar-refractivity contribution in [3.05, 3.63) is 36.4 Å². The van der Waals surface area contributed by atoms with Crippen molar-refractivity contribution in [3.63, 3.8) is 0 Å². The fraction of sp³-hybridized carbons (Fsp3) is 0.273. The van der Waals surface area contributed by atoms with Crippen LogP contribution in [0.2, 0.25) is 0 Å². The van der Waals surface area contributed by atoms with Gasteiger partial charge in [0.1, 0.15) is 11.6 Å². The van der Waals surface area contributed by atoms with Crippen LogP contribution in [0.15, 0.2) is 36.4 Å². The van der Waals surface area contributed by atoms with Gasteiger partial charge in [-0.05, 0) is 13.8 Å². The number of hydrogen-bond acceptors (Lipinski definition) is 2. The van der Waals surface area contributed by atoms with Crippen molar-refractivity contribution in [1.82, 2.24) is 0 Å². The Kier molecular flexibility index (Phi) is 11.5. The zero-order valence-electron chi connectivity index (χ0n) is 8.30. The summed E-state index contributed by atoms with van der Waals surface area (Å²) in [7, 11) is 0. The SMILES string of the molecule is CC(=O)CC(C)=O.[Pd].c1ccccc1. The van der Waals surface area contributed by atoms with Crippen molar-refractivity contribution in [2.75, 3.05) is 0 Å². The molecule has 1 aromatic carbocycles. The molecule has 0 aromatic heterocycles. The zero-order valence-corrected chi connectivity index (χ0v) is 9.86. The molecule has 0 heterocycles. The molecule has 3 heteroatoms. The molecule has 0 aliphatic heterocycles. The first-order valence-electron chi connectivity index (χ1n) is 4.12. The number of Topliss-reactive ketones (excluding diaryl/α,β-unsaturated/α-hetero) is 2. The molecule has 1 aromatic rings. The monoisotopic (exact) mass is 284 g/mol. The molecule has 1 rings (SSSR count). The number of carbonyl (C=O) groups excluding carboxylic acids is 2. The van der Waals surface area contributed by atoms with Crippen molar-refractivity contribution < 1.29 is 30.0 Å². The third-order valence-electron chi connectivity index (χ3n) is 1.16. The number of ketones is 2. The third-order valence-corrected chi connectivity index (χ3v) is 1.16. The molecule has 0 fully saturated rings. The van der Waals surface area contributed by atoms with E-state index in [-0.39, 0.29) is 38.4 Å². The maximum Gasteiger partial charge on any atom is 0.137 e. The summed E-state index contributed by atoms with van der Waals surface area (Å²) >= 11 is 0. The summed E-state index contributed by atoms with van der Waals surface area (Å²) in [6.07, 6.45) is 0.0833. The van der Waals surface area contributed by atoms with Crippen molar-refractivity contribution in [3.8, 4) is 0 Å². The van der Waals surface area contributed by atoms with Crippen LogP contribution >= 0.6 is 0 Å². The topological polar surface area (TPSA) is 34.1 Å². The van der Waals surface area contributed by atoms with E-state index in [2.05, 4.69) is 0 Å². The molecule has 0 aliphatic rings. The maximum atomic E-state index is 10.0. The van der Waals surface area contributed by atoms with Gasteiger partial charge in [-0.2, -0.15) is 0 Å². The van der Waals surface area contributed by atoms with E-state index in [1.165, 1.54) is 13.8 Å². The van der Waals surface area contributed by atoms with E-state index in [0.29, 0.717) is 0 Å². The summed E-state index contributed by atoms with van der Waals surface area (Å²) in [4.78, 5) is 20.1.